The van der Waals surface area contributed by atoms with Crippen LogP contribution in [0.25, 0.3) is 0 Å². The van der Waals surface area contributed by atoms with Crippen molar-refractivity contribution in [2.45, 2.75) is 12.7 Å². The van der Waals surface area contributed by atoms with Crippen molar-refractivity contribution in [3.05, 3.63) is 59.7 Å². The number of hydrogen-bond donors (Lipinski definition) is 2. The van der Waals surface area contributed by atoms with Crippen molar-refractivity contribution in [3.63, 3.8) is 0 Å². The lowest BCUT2D eigenvalue weighted by Gasteiger charge is -2.09. The van der Waals surface area contributed by atoms with Crippen molar-refractivity contribution in [3.8, 4) is 0 Å². The van der Waals surface area contributed by atoms with Gasteiger partial charge in [0.05, 0.1) is 5.75 Å². The number of nitrogens with one attached hydrogen (secondary N) is 1. The van der Waals surface area contributed by atoms with Crippen LogP contribution in [0.5, 0.6) is 0 Å². The Kier molecular flexibility index (Phi) is 4.28. The molecule has 0 heterocycles. The lowest BCUT2D eigenvalue weighted by atomic mass is 10.1. The van der Waals surface area contributed by atoms with E-state index in [1.165, 1.54) is 13.0 Å². The van der Waals surface area contributed by atoms with Crippen LogP contribution < -0.4 is 10.5 Å². The fourth-order valence-electron chi connectivity index (χ4n) is 1.85. The second-order valence-corrected chi connectivity index (χ2v) is 6.46. The summed E-state index contributed by atoms with van der Waals surface area (Å²) >= 11 is 0. The van der Waals surface area contributed by atoms with Crippen LogP contribution in [0.1, 0.15) is 22.8 Å². The maximum Gasteiger partial charge on any atom is 0.236 e. The van der Waals surface area contributed by atoms with E-state index in [4.69, 9.17) is 5.73 Å². The lowest BCUT2D eigenvalue weighted by molar-refractivity contribution is 0.101. The Morgan fingerprint density at radius 3 is 2.43 bits per heavy atom. The monoisotopic (exact) mass is 304 g/mol. The highest BCUT2D eigenvalue weighted by atomic mass is 32.2. The Labute approximate surface area is 123 Å². The SMILES string of the molecule is CC(=O)c1cccc(NS(=O)(=O)Cc2ccc(N)cc2)c1. The van der Waals surface area contributed by atoms with Crippen LogP contribution >= 0.6 is 0 Å². The summed E-state index contributed by atoms with van der Waals surface area (Å²) in [5.74, 6) is -0.271. The molecule has 0 aliphatic heterocycles. The van der Waals surface area contributed by atoms with Gasteiger partial charge in [-0.2, -0.15) is 0 Å². The average Bonchev–Trinajstić information content (AvgIpc) is 2.41. The summed E-state index contributed by atoms with van der Waals surface area (Å²) in [6.07, 6.45) is 0. The normalized spacial score (nSPS) is 11.1. The predicted octanol–water partition coefficient (Wildman–Crippen LogP) is 2.41. The molecule has 2 aromatic carbocycles. The van der Waals surface area contributed by atoms with E-state index < -0.39 is 10.0 Å². The second kappa shape index (κ2) is 5.97. The Hall–Kier alpha value is -2.34. The molecule has 0 atom stereocenters. The van der Waals surface area contributed by atoms with Crippen LogP contribution in [-0.2, 0) is 15.8 Å². The number of ketones is 1. The van der Waals surface area contributed by atoms with Crippen LogP contribution in [0, 0.1) is 0 Å². The van der Waals surface area contributed by atoms with Crippen LogP contribution in [-0.4, -0.2) is 14.2 Å². The minimum Gasteiger partial charge on any atom is -0.399 e. The first-order chi connectivity index (χ1) is 9.85. The van der Waals surface area contributed by atoms with Crippen molar-refractivity contribution >= 4 is 27.2 Å². The molecule has 6 heteroatoms. The van der Waals surface area contributed by atoms with Gasteiger partial charge in [-0.1, -0.05) is 24.3 Å². The Balaban J connectivity index is 2.15. The standard InChI is InChI=1S/C15H16N2O3S/c1-11(18)13-3-2-4-15(9-13)17-21(19,20)10-12-5-7-14(16)8-6-12/h2-9,17H,10,16H2,1H3. The van der Waals surface area contributed by atoms with Crippen molar-refractivity contribution in [2.24, 2.45) is 0 Å². The molecule has 0 saturated carbocycles. The molecule has 0 saturated heterocycles. The molecule has 0 aliphatic rings. The van der Waals surface area contributed by atoms with Gasteiger partial charge >= 0.3 is 0 Å². The van der Waals surface area contributed by atoms with E-state index in [1.807, 2.05) is 0 Å². The van der Waals surface area contributed by atoms with Gasteiger partial charge in [0.15, 0.2) is 5.78 Å². The van der Waals surface area contributed by atoms with Gasteiger partial charge in [-0.05, 0) is 36.8 Å². The van der Waals surface area contributed by atoms with Crippen molar-refractivity contribution in [2.75, 3.05) is 10.5 Å². The van der Waals surface area contributed by atoms with Crippen LogP contribution in [0.2, 0.25) is 0 Å². The van der Waals surface area contributed by atoms with E-state index in [2.05, 4.69) is 4.72 Å². The Morgan fingerprint density at radius 2 is 1.81 bits per heavy atom. The summed E-state index contributed by atoms with van der Waals surface area (Å²) in [7, 11) is -3.55. The molecule has 2 rings (SSSR count). The highest BCUT2D eigenvalue weighted by molar-refractivity contribution is 7.91. The van der Waals surface area contributed by atoms with Crippen molar-refractivity contribution < 1.29 is 13.2 Å². The minimum absolute atomic E-state index is 0.116. The molecule has 21 heavy (non-hydrogen) atoms. The van der Waals surface area contributed by atoms with E-state index in [0.29, 0.717) is 22.5 Å². The van der Waals surface area contributed by atoms with Gasteiger partial charge in [0.25, 0.3) is 0 Å². The third-order valence-electron chi connectivity index (χ3n) is 2.88. The maximum absolute atomic E-state index is 12.1. The third kappa shape index (κ3) is 4.32. The van der Waals surface area contributed by atoms with Gasteiger partial charge in [0.1, 0.15) is 0 Å². The molecule has 0 unspecified atom stereocenters. The molecule has 2 aromatic rings. The number of carbonyl (C=O) groups is 1. The van der Waals surface area contributed by atoms with Gasteiger partial charge in [-0.3, -0.25) is 9.52 Å². The van der Waals surface area contributed by atoms with Crippen LogP contribution in [0.15, 0.2) is 48.5 Å². The van der Waals surface area contributed by atoms with Crippen molar-refractivity contribution in [1.29, 1.82) is 0 Å². The summed E-state index contributed by atoms with van der Waals surface area (Å²) in [6, 6.07) is 13.0. The van der Waals surface area contributed by atoms with Gasteiger partial charge in [0.2, 0.25) is 10.0 Å². The molecule has 3 N–H and O–H groups in total. The van der Waals surface area contributed by atoms with Crippen LogP contribution in [0.4, 0.5) is 11.4 Å². The zero-order chi connectivity index (χ0) is 15.5. The zero-order valence-electron chi connectivity index (χ0n) is 11.5. The smallest absolute Gasteiger partial charge is 0.236 e. The van der Waals surface area contributed by atoms with Gasteiger partial charge in [-0.15, -0.1) is 0 Å². The highest BCUT2D eigenvalue weighted by Crippen LogP contribution is 2.16. The summed E-state index contributed by atoms with van der Waals surface area (Å²) < 4.78 is 26.7. The molecular formula is C15H16N2O3S. The lowest BCUT2D eigenvalue weighted by Crippen LogP contribution is -2.15. The molecule has 0 radical (unpaired) electrons. The summed E-state index contributed by atoms with van der Waals surface area (Å²) in [5, 5.41) is 0. The van der Waals surface area contributed by atoms with Gasteiger partial charge in [-0.25, -0.2) is 8.42 Å². The molecule has 110 valence electrons. The second-order valence-electron chi connectivity index (χ2n) is 4.74. The third-order valence-corrected chi connectivity index (χ3v) is 4.14. The predicted molar refractivity (Wildman–Crippen MR) is 83.5 cm³/mol. The number of sulfonamides is 1. The first-order valence-electron chi connectivity index (χ1n) is 6.32. The number of nitrogens with two attached hydrogens (primary N) is 1. The van der Waals surface area contributed by atoms with E-state index in [0.717, 1.165) is 0 Å². The van der Waals surface area contributed by atoms with E-state index in [1.54, 1.807) is 42.5 Å². The fourth-order valence-corrected chi connectivity index (χ4v) is 3.04. The zero-order valence-corrected chi connectivity index (χ0v) is 12.4. The highest BCUT2D eigenvalue weighted by Gasteiger charge is 2.12. The molecule has 5 nitrogen and oxygen atoms in total. The Morgan fingerprint density at radius 1 is 1.14 bits per heavy atom. The van der Waals surface area contributed by atoms with E-state index in [-0.39, 0.29) is 11.5 Å². The quantitative estimate of drug-likeness (QED) is 0.655. The number of anilines is 2. The molecule has 0 fully saturated rings. The topological polar surface area (TPSA) is 89.3 Å². The molecule has 0 spiro atoms. The number of nitrogen functional groups attached to an aromatic ring is 1. The number of benzene rings is 2. The molecule has 0 amide bonds. The minimum atomic E-state index is -3.55. The number of Topliss-reactive ketones (excluding diaryl/α,β-unsaturated/α-hetero) is 1. The van der Waals surface area contributed by atoms with Gasteiger partial charge in [0, 0.05) is 16.9 Å². The number of rotatable bonds is 5. The van der Waals surface area contributed by atoms with E-state index in [9.17, 15) is 13.2 Å². The van der Waals surface area contributed by atoms with Crippen LogP contribution in [0.3, 0.4) is 0 Å². The summed E-state index contributed by atoms with van der Waals surface area (Å²) in [4.78, 5) is 11.3. The first kappa shape index (κ1) is 15.1. The summed E-state index contributed by atoms with van der Waals surface area (Å²) in [6.45, 7) is 1.43. The Bertz CT molecular complexity index is 753. The van der Waals surface area contributed by atoms with Crippen molar-refractivity contribution in [1.82, 2.24) is 0 Å². The van der Waals surface area contributed by atoms with Gasteiger partial charge < -0.3 is 5.73 Å². The number of hydrogen-bond acceptors (Lipinski definition) is 4. The molecule has 0 aromatic heterocycles. The first-order valence-corrected chi connectivity index (χ1v) is 7.97. The fraction of sp³-hybridized carbons (Fsp3) is 0.133. The molecule has 0 bridgehead atoms. The number of carbonyl (C=O) groups excluding carboxylic acids is 1. The summed E-state index contributed by atoms with van der Waals surface area (Å²) in [5.41, 5.74) is 7.62. The van der Waals surface area contributed by atoms with E-state index >= 15 is 0 Å². The largest absolute Gasteiger partial charge is 0.399 e. The molecule has 0 aliphatic carbocycles. The maximum atomic E-state index is 12.1. The molecular weight excluding hydrogens is 288 g/mol. The average molecular weight is 304 g/mol.